The van der Waals surface area contributed by atoms with E-state index in [9.17, 15) is 9.18 Å². The monoisotopic (exact) mass is 368 g/mol. The molecule has 3 aromatic rings. The van der Waals surface area contributed by atoms with Gasteiger partial charge in [0.2, 0.25) is 5.91 Å². The third-order valence-electron chi connectivity index (χ3n) is 4.74. The van der Waals surface area contributed by atoms with Gasteiger partial charge in [0.05, 0.1) is 18.7 Å². The molecule has 1 atom stereocenters. The van der Waals surface area contributed by atoms with E-state index in [1.54, 1.807) is 29.2 Å². The number of benzene rings is 1. The molecular formula is C19H21FN6O. The third-order valence-corrected chi connectivity index (χ3v) is 4.74. The average Bonchev–Trinajstić information content (AvgIpc) is 3.30. The van der Waals surface area contributed by atoms with Gasteiger partial charge in [-0.05, 0) is 30.7 Å². The molecule has 0 bridgehead atoms. The van der Waals surface area contributed by atoms with Crippen LogP contribution in [0.3, 0.4) is 0 Å². The molecule has 0 saturated carbocycles. The normalized spacial score (nSPS) is 16.7. The molecule has 1 saturated heterocycles. The number of carbonyl (C=O) groups excluding carboxylic acids is 1. The summed E-state index contributed by atoms with van der Waals surface area (Å²) in [5.41, 5.74) is 3.18. The summed E-state index contributed by atoms with van der Waals surface area (Å²) in [6.07, 6.45) is 4.52. The summed E-state index contributed by atoms with van der Waals surface area (Å²) in [5, 5.41) is 10.9. The molecule has 3 heterocycles. The fraction of sp³-hybridized carbons (Fsp3) is 0.368. The van der Waals surface area contributed by atoms with Crippen LogP contribution in [0.4, 0.5) is 4.39 Å². The Bertz CT molecular complexity index is 950. The van der Waals surface area contributed by atoms with Gasteiger partial charge >= 0.3 is 0 Å². The Morgan fingerprint density at radius 1 is 1.33 bits per heavy atom. The molecule has 140 valence electrons. The van der Waals surface area contributed by atoms with E-state index < -0.39 is 0 Å². The lowest BCUT2D eigenvalue weighted by Gasteiger charge is -2.07. The second-order valence-corrected chi connectivity index (χ2v) is 6.68. The molecular weight excluding hydrogens is 347 g/mol. The predicted octanol–water partition coefficient (Wildman–Crippen LogP) is 1.40. The van der Waals surface area contributed by atoms with Crippen LogP contribution in [0.25, 0.3) is 11.2 Å². The zero-order chi connectivity index (χ0) is 18.6. The van der Waals surface area contributed by atoms with Gasteiger partial charge in [0, 0.05) is 31.4 Å². The molecule has 0 spiro atoms. The lowest BCUT2D eigenvalue weighted by molar-refractivity contribution is -0.120. The van der Waals surface area contributed by atoms with Crippen molar-refractivity contribution in [1.82, 2.24) is 30.4 Å². The van der Waals surface area contributed by atoms with Crippen LogP contribution in [0, 0.1) is 5.82 Å². The Hall–Kier alpha value is -2.87. The number of halogens is 1. The van der Waals surface area contributed by atoms with Crippen LogP contribution in [-0.2, 0) is 17.8 Å². The van der Waals surface area contributed by atoms with Crippen molar-refractivity contribution in [2.75, 3.05) is 19.6 Å². The molecule has 8 heteroatoms. The number of carbonyl (C=O) groups is 1. The smallest absolute Gasteiger partial charge is 0.224 e. The summed E-state index contributed by atoms with van der Waals surface area (Å²) in [6.45, 7) is 2.80. The minimum atomic E-state index is -0.337. The summed E-state index contributed by atoms with van der Waals surface area (Å²) < 4.78 is 15.0. The maximum Gasteiger partial charge on any atom is 0.224 e. The summed E-state index contributed by atoms with van der Waals surface area (Å²) in [6, 6.07) is 6.08. The number of amides is 1. The fourth-order valence-electron chi connectivity index (χ4n) is 3.44. The topological polar surface area (TPSA) is 84.7 Å². The van der Waals surface area contributed by atoms with Gasteiger partial charge < -0.3 is 10.6 Å². The van der Waals surface area contributed by atoms with Crippen LogP contribution in [0.1, 0.15) is 23.6 Å². The van der Waals surface area contributed by atoms with Crippen molar-refractivity contribution in [1.29, 1.82) is 0 Å². The molecule has 1 aliphatic rings. The van der Waals surface area contributed by atoms with Crippen molar-refractivity contribution in [2.45, 2.75) is 25.3 Å². The first-order chi connectivity index (χ1) is 13.2. The Morgan fingerprint density at radius 3 is 3.04 bits per heavy atom. The highest BCUT2D eigenvalue weighted by Crippen LogP contribution is 2.26. The molecule has 0 unspecified atom stereocenters. The highest BCUT2D eigenvalue weighted by Gasteiger charge is 2.24. The van der Waals surface area contributed by atoms with Crippen molar-refractivity contribution in [3.05, 3.63) is 53.7 Å². The van der Waals surface area contributed by atoms with Crippen LogP contribution >= 0.6 is 0 Å². The van der Waals surface area contributed by atoms with E-state index in [0.29, 0.717) is 24.6 Å². The molecule has 0 radical (unpaired) electrons. The van der Waals surface area contributed by atoms with Gasteiger partial charge in [-0.1, -0.05) is 12.1 Å². The molecule has 1 aromatic carbocycles. The van der Waals surface area contributed by atoms with Gasteiger partial charge in [-0.3, -0.25) is 4.79 Å². The molecule has 2 N–H and O–H groups in total. The van der Waals surface area contributed by atoms with E-state index in [4.69, 9.17) is 5.10 Å². The Balaban J connectivity index is 1.41. The van der Waals surface area contributed by atoms with Gasteiger partial charge in [0.1, 0.15) is 11.3 Å². The number of fused-ring (bicyclic) bond motifs is 1. The largest absolute Gasteiger partial charge is 0.354 e. The summed E-state index contributed by atoms with van der Waals surface area (Å²) >= 11 is 0. The van der Waals surface area contributed by atoms with Crippen molar-refractivity contribution >= 4 is 17.1 Å². The minimum absolute atomic E-state index is 0.149. The maximum atomic E-state index is 13.2. The second kappa shape index (κ2) is 7.79. The van der Waals surface area contributed by atoms with E-state index >= 15 is 0 Å². The lowest BCUT2D eigenvalue weighted by Crippen LogP contribution is -2.29. The Kier molecular flexibility index (Phi) is 5.06. The Morgan fingerprint density at radius 2 is 2.22 bits per heavy atom. The van der Waals surface area contributed by atoms with Gasteiger partial charge in [-0.25, -0.2) is 19.0 Å². The van der Waals surface area contributed by atoms with Gasteiger partial charge in [0.15, 0.2) is 5.65 Å². The second-order valence-electron chi connectivity index (χ2n) is 6.68. The van der Waals surface area contributed by atoms with Crippen molar-refractivity contribution in [3.8, 4) is 0 Å². The standard InChI is InChI=1S/C19H21FN6O/c20-15-3-1-2-13(10-15)11-16(27)22-8-9-26-19-18(23-6-7-24-19)17(25-26)14-4-5-21-12-14/h1-3,6-7,10,14,21H,4-5,8-9,11-12H2,(H,22,27)/t14-/m0/s1. The van der Waals surface area contributed by atoms with Gasteiger partial charge in [-0.2, -0.15) is 5.10 Å². The minimum Gasteiger partial charge on any atom is -0.354 e. The number of nitrogens with zero attached hydrogens (tertiary/aromatic N) is 4. The van der Waals surface area contributed by atoms with Gasteiger partial charge in [0.25, 0.3) is 0 Å². The molecule has 4 rings (SSSR count). The first-order valence-electron chi connectivity index (χ1n) is 9.10. The summed E-state index contributed by atoms with van der Waals surface area (Å²) in [4.78, 5) is 21.0. The number of rotatable bonds is 6. The van der Waals surface area contributed by atoms with E-state index in [2.05, 4.69) is 20.6 Å². The zero-order valence-electron chi connectivity index (χ0n) is 14.9. The third kappa shape index (κ3) is 3.95. The molecule has 1 aliphatic heterocycles. The highest BCUT2D eigenvalue weighted by atomic mass is 19.1. The summed E-state index contributed by atoms with van der Waals surface area (Å²) in [5.74, 6) is -0.146. The maximum absolute atomic E-state index is 13.2. The van der Waals surface area contributed by atoms with E-state index in [1.807, 2.05) is 0 Å². The zero-order valence-corrected chi connectivity index (χ0v) is 14.9. The average molecular weight is 368 g/mol. The number of aromatic nitrogens is 4. The van der Waals surface area contributed by atoms with Crippen molar-refractivity contribution < 1.29 is 9.18 Å². The molecule has 2 aromatic heterocycles. The van der Waals surface area contributed by atoms with E-state index in [-0.39, 0.29) is 18.1 Å². The van der Waals surface area contributed by atoms with Crippen LogP contribution in [0.2, 0.25) is 0 Å². The molecule has 1 fully saturated rings. The number of nitrogens with one attached hydrogen (secondary N) is 2. The highest BCUT2D eigenvalue weighted by molar-refractivity contribution is 5.78. The van der Waals surface area contributed by atoms with Crippen LogP contribution < -0.4 is 10.6 Å². The molecule has 1 amide bonds. The van der Waals surface area contributed by atoms with Gasteiger partial charge in [-0.15, -0.1) is 0 Å². The lowest BCUT2D eigenvalue weighted by atomic mass is 10.0. The predicted molar refractivity (Wildman–Crippen MR) is 98.7 cm³/mol. The fourth-order valence-corrected chi connectivity index (χ4v) is 3.44. The first-order valence-corrected chi connectivity index (χ1v) is 9.10. The Labute approximate surface area is 156 Å². The molecule has 7 nitrogen and oxygen atoms in total. The van der Waals surface area contributed by atoms with E-state index in [1.165, 1.54) is 12.1 Å². The number of hydrogen-bond donors (Lipinski definition) is 2. The van der Waals surface area contributed by atoms with Crippen molar-refractivity contribution in [2.24, 2.45) is 0 Å². The molecule has 0 aliphatic carbocycles. The summed E-state index contributed by atoms with van der Waals surface area (Å²) in [7, 11) is 0. The van der Waals surface area contributed by atoms with E-state index in [0.717, 1.165) is 36.4 Å². The van der Waals surface area contributed by atoms with Crippen LogP contribution in [-0.4, -0.2) is 45.3 Å². The SMILES string of the molecule is O=C(Cc1cccc(F)c1)NCCn1nc([C@H]2CCNC2)c2nccnc21. The quantitative estimate of drug-likeness (QED) is 0.687. The molecule has 27 heavy (non-hydrogen) atoms. The van der Waals surface area contributed by atoms with Crippen LogP contribution in [0.5, 0.6) is 0 Å². The van der Waals surface area contributed by atoms with Crippen molar-refractivity contribution in [3.63, 3.8) is 0 Å². The first kappa shape index (κ1) is 17.5. The number of hydrogen-bond acceptors (Lipinski definition) is 5. The van der Waals surface area contributed by atoms with Crippen LogP contribution in [0.15, 0.2) is 36.7 Å².